The number of amides is 3. The van der Waals surface area contributed by atoms with E-state index in [0.717, 1.165) is 29.7 Å². The van der Waals surface area contributed by atoms with Crippen molar-refractivity contribution in [2.75, 3.05) is 16.8 Å². The molecular formula is C24H22ClN3O3. The number of imide groups is 1. The molecular weight excluding hydrogens is 414 g/mol. The van der Waals surface area contributed by atoms with Crippen molar-refractivity contribution in [3.63, 3.8) is 0 Å². The van der Waals surface area contributed by atoms with Gasteiger partial charge >= 0.3 is 0 Å². The van der Waals surface area contributed by atoms with E-state index in [1.807, 2.05) is 32.0 Å². The number of aryl methyl sites for hydroxylation is 1. The van der Waals surface area contributed by atoms with Crippen molar-refractivity contribution in [1.82, 2.24) is 4.90 Å². The molecule has 4 aliphatic rings. The third-order valence-electron chi connectivity index (χ3n) is 7.72. The Morgan fingerprint density at radius 3 is 2.65 bits per heavy atom. The molecule has 2 aromatic carbocycles. The first-order chi connectivity index (χ1) is 14.9. The summed E-state index contributed by atoms with van der Waals surface area (Å²) in [6.07, 6.45) is 1.71. The molecule has 4 heterocycles. The summed E-state index contributed by atoms with van der Waals surface area (Å²) >= 11 is 6.30. The lowest BCUT2D eigenvalue weighted by atomic mass is 9.75. The van der Waals surface area contributed by atoms with E-state index in [9.17, 15) is 14.4 Å². The molecule has 158 valence electrons. The molecule has 1 spiro atoms. The summed E-state index contributed by atoms with van der Waals surface area (Å²) in [7, 11) is 0. The zero-order chi connectivity index (χ0) is 21.7. The zero-order valence-electron chi connectivity index (χ0n) is 17.3. The van der Waals surface area contributed by atoms with Gasteiger partial charge in [-0.1, -0.05) is 35.9 Å². The van der Waals surface area contributed by atoms with E-state index >= 15 is 0 Å². The topological polar surface area (TPSA) is 69.7 Å². The standard InChI is InChI=1S/C24H22ClN3O3/c1-12-6-3-7-14-20(12)26-23(31)24(14)19-18(17-10-5-11-27(17)24)21(29)28(22(19)30)16-9-4-8-15(25)13(16)2/h3-4,6-9,17-19H,5,10-11H2,1-2H3,(H,26,31)/t17-,18+,19+,24+/m1/s1. The van der Waals surface area contributed by atoms with Gasteiger partial charge in [0.05, 0.1) is 17.5 Å². The number of carbonyl (C=O) groups excluding carboxylic acids is 3. The van der Waals surface area contributed by atoms with Gasteiger partial charge in [-0.2, -0.15) is 0 Å². The second-order valence-corrected chi connectivity index (χ2v) is 9.43. The Hall–Kier alpha value is -2.70. The molecule has 3 saturated heterocycles. The molecule has 0 aromatic heterocycles. The Bertz CT molecular complexity index is 1190. The van der Waals surface area contributed by atoms with Gasteiger partial charge in [-0.05, 0) is 56.5 Å². The number of nitrogens with one attached hydrogen (secondary N) is 1. The van der Waals surface area contributed by atoms with Gasteiger partial charge in [0.2, 0.25) is 17.7 Å². The number of hydrogen-bond donors (Lipinski definition) is 1. The van der Waals surface area contributed by atoms with Crippen LogP contribution >= 0.6 is 11.6 Å². The Kier molecular flexibility index (Phi) is 3.79. The highest BCUT2D eigenvalue weighted by Crippen LogP contribution is 2.61. The van der Waals surface area contributed by atoms with E-state index in [1.165, 1.54) is 4.90 Å². The van der Waals surface area contributed by atoms with Gasteiger partial charge in [-0.15, -0.1) is 0 Å². The van der Waals surface area contributed by atoms with Crippen LogP contribution in [0.3, 0.4) is 0 Å². The van der Waals surface area contributed by atoms with Crippen LogP contribution in [0.1, 0.15) is 29.5 Å². The number of anilines is 2. The van der Waals surface area contributed by atoms with Crippen LogP contribution in [0.5, 0.6) is 0 Å². The minimum Gasteiger partial charge on any atom is -0.324 e. The number of hydrogen-bond acceptors (Lipinski definition) is 4. The lowest BCUT2D eigenvalue weighted by Gasteiger charge is -2.36. The Morgan fingerprint density at radius 1 is 1.06 bits per heavy atom. The molecule has 3 amide bonds. The molecule has 6 nitrogen and oxygen atoms in total. The van der Waals surface area contributed by atoms with Crippen LogP contribution < -0.4 is 10.2 Å². The molecule has 0 bridgehead atoms. The molecule has 7 heteroatoms. The summed E-state index contributed by atoms with van der Waals surface area (Å²) in [5.74, 6) is -2.00. The highest BCUT2D eigenvalue weighted by molar-refractivity contribution is 6.32. The summed E-state index contributed by atoms with van der Waals surface area (Å²) in [6.45, 7) is 4.47. The van der Waals surface area contributed by atoms with E-state index in [-0.39, 0.29) is 23.8 Å². The second kappa shape index (κ2) is 6.17. The summed E-state index contributed by atoms with van der Waals surface area (Å²) in [4.78, 5) is 44.8. The largest absolute Gasteiger partial charge is 0.324 e. The minimum absolute atomic E-state index is 0.122. The molecule has 0 aliphatic carbocycles. The molecule has 0 unspecified atom stereocenters. The van der Waals surface area contributed by atoms with Crippen molar-refractivity contribution in [2.45, 2.75) is 38.3 Å². The predicted octanol–water partition coefficient (Wildman–Crippen LogP) is 3.39. The number of benzene rings is 2. The third-order valence-corrected chi connectivity index (χ3v) is 8.13. The van der Waals surface area contributed by atoms with Gasteiger partial charge in [0.15, 0.2) is 0 Å². The normalized spacial score (nSPS) is 31.4. The van der Waals surface area contributed by atoms with Gasteiger partial charge < -0.3 is 5.32 Å². The highest BCUT2D eigenvalue weighted by atomic mass is 35.5. The SMILES string of the molecule is Cc1cccc2c1NC(=O)[C@@]21[C@@H]2C(=O)N(c3cccc(Cl)c3C)C(=O)[C@H]2[C@H]2CCCN21. The average molecular weight is 436 g/mol. The van der Waals surface area contributed by atoms with Crippen molar-refractivity contribution < 1.29 is 14.4 Å². The van der Waals surface area contributed by atoms with Crippen LogP contribution in [0.15, 0.2) is 36.4 Å². The summed E-state index contributed by atoms with van der Waals surface area (Å²) in [6, 6.07) is 10.9. The van der Waals surface area contributed by atoms with Crippen molar-refractivity contribution in [3.8, 4) is 0 Å². The number of fused-ring (bicyclic) bond motifs is 7. The zero-order valence-corrected chi connectivity index (χ0v) is 18.1. The first-order valence-corrected chi connectivity index (χ1v) is 11.1. The summed E-state index contributed by atoms with van der Waals surface area (Å²) in [5.41, 5.74) is 2.62. The van der Waals surface area contributed by atoms with Crippen molar-refractivity contribution in [1.29, 1.82) is 0 Å². The number of carbonyl (C=O) groups is 3. The Morgan fingerprint density at radius 2 is 1.84 bits per heavy atom. The fourth-order valence-corrected chi connectivity index (χ4v) is 6.62. The molecule has 31 heavy (non-hydrogen) atoms. The van der Waals surface area contributed by atoms with Crippen LogP contribution in [-0.2, 0) is 19.9 Å². The fourth-order valence-electron chi connectivity index (χ4n) is 6.45. The molecule has 4 aliphatic heterocycles. The van der Waals surface area contributed by atoms with Crippen LogP contribution in [0.2, 0.25) is 5.02 Å². The van der Waals surface area contributed by atoms with Crippen molar-refractivity contribution in [3.05, 3.63) is 58.1 Å². The van der Waals surface area contributed by atoms with Crippen molar-refractivity contribution in [2.24, 2.45) is 11.8 Å². The number of para-hydroxylation sites is 1. The first kappa shape index (κ1) is 19.0. The molecule has 1 N–H and O–H groups in total. The average Bonchev–Trinajstić information content (AvgIpc) is 3.44. The van der Waals surface area contributed by atoms with E-state index < -0.39 is 17.4 Å². The van der Waals surface area contributed by atoms with Gasteiger partial charge in [0.25, 0.3) is 0 Å². The van der Waals surface area contributed by atoms with Crippen LogP contribution in [-0.4, -0.2) is 35.2 Å². The van der Waals surface area contributed by atoms with Crippen LogP contribution in [0.25, 0.3) is 0 Å². The molecule has 0 saturated carbocycles. The predicted molar refractivity (Wildman–Crippen MR) is 117 cm³/mol. The number of nitrogens with zero attached hydrogens (tertiary/aromatic N) is 2. The van der Waals surface area contributed by atoms with Crippen molar-refractivity contribution >= 4 is 40.7 Å². The first-order valence-electron chi connectivity index (χ1n) is 10.7. The molecule has 0 radical (unpaired) electrons. The Balaban J connectivity index is 1.58. The molecule has 2 aromatic rings. The summed E-state index contributed by atoms with van der Waals surface area (Å²) < 4.78 is 0. The van der Waals surface area contributed by atoms with E-state index in [2.05, 4.69) is 10.2 Å². The van der Waals surface area contributed by atoms with Gasteiger partial charge in [0, 0.05) is 22.3 Å². The maximum atomic E-state index is 13.9. The van der Waals surface area contributed by atoms with E-state index in [4.69, 9.17) is 11.6 Å². The van der Waals surface area contributed by atoms with Gasteiger partial charge in [-0.25, -0.2) is 4.90 Å². The molecule has 6 rings (SSSR count). The maximum absolute atomic E-state index is 13.9. The van der Waals surface area contributed by atoms with Gasteiger partial charge in [0.1, 0.15) is 5.54 Å². The molecule has 4 atom stereocenters. The monoisotopic (exact) mass is 435 g/mol. The maximum Gasteiger partial charge on any atom is 0.250 e. The van der Waals surface area contributed by atoms with Crippen LogP contribution in [0.4, 0.5) is 11.4 Å². The van der Waals surface area contributed by atoms with E-state index in [1.54, 1.807) is 18.2 Å². The third kappa shape index (κ3) is 2.10. The highest BCUT2D eigenvalue weighted by Gasteiger charge is 2.74. The smallest absolute Gasteiger partial charge is 0.250 e. The Labute approximate surface area is 185 Å². The lowest BCUT2D eigenvalue weighted by Crippen LogP contribution is -2.54. The van der Waals surface area contributed by atoms with E-state index in [0.29, 0.717) is 22.8 Å². The van der Waals surface area contributed by atoms with Gasteiger partial charge in [-0.3, -0.25) is 19.3 Å². The number of rotatable bonds is 1. The summed E-state index contributed by atoms with van der Waals surface area (Å²) in [5, 5.41) is 3.56. The molecule has 3 fully saturated rings. The quantitative estimate of drug-likeness (QED) is 0.697. The number of halogens is 1. The second-order valence-electron chi connectivity index (χ2n) is 9.02. The lowest BCUT2D eigenvalue weighted by molar-refractivity contribution is -0.135. The fraction of sp³-hybridized carbons (Fsp3) is 0.375. The van der Waals surface area contributed by atoms with Crippen LogP contribution in [0, 0.1) is 25.7 Å². The minimum atomic E-state index is -1.14.